The van der Waals surface area contributed by atoms with Gasteiger partial charge in [0.2, 0.25) is 6.79 Å². The zero-order valence-corrected chi connectivity index (χ0v) is 15.2. The highest BCUT2D eigenvalue weighted by Crippen LogP contribution is 2.32. The van der Waals surface area contributed by atoms with E-state index in [0.29, 0.717) is 16.0 Å². The van der Waals surface area contributed by atoms with Gasteiger partial charge in [0.25, 0.3) is 5.91 Å². The molecule has 0 aliphatic carbocycles. The molecule has 1 N–H and O–H groups in total. The van der Waals surface area contributed by atoms with Crippen LogP contribution in [-0.2, 0) is 16.1 Å². The van der Waals surface area contributed by atoms with Gasteiger partial charge in [0.1, 0.15) is 0 Å². The quantitative estimate of drug-likeness (QED) is 0.743. The van der Waals surface area contributed by atoms with Gasteiger partial charge in [0, 0.05) is 11.0 Å². The number of hydrogen-bond donors (Lipinski definition) is 1. The topological polar surface area (TPSA) is 73.9 Å². The lowest BCUT2D eigenvalue weighted by molar-refractivity contribution is -0.124. The Hall–Kier alpha value is -2.25. The molecule has 0 radical (unpaired) electrons. The van der Waals surface area contributed by atoms with Gasteiger partial charge >= 0.3 is 5.97 Å². The number of ether oxygens (including phenoxy) is 3. The maximum Gasteiger partial charge on any atom is 0.340 e. The van der Waals surface area contributed by atoms with Crippen molar-refractivity contribution in [1.29, 1.82) is 0 Å². The highest BCUT2D eigenvalue weighted by Gasteiger charge is 2.15. The van der Waals surface area contributed by atoms with E-state index in [4.69, 9.17) is 25.8 Å². The first-order chi connectivity index (χ1) is 12.0. The number of amides is 1. The second kappa shape index (κ2) is 7.76. The first kappa shape index (κ1) is 17.6. The van der Waals surface area contributed by atoms with E-state index < -0.39 is 18.5 Å². The Morgan fingerprint density at radius 3 is 2.80 bits per heavy atom. The molecule has 0 fully saturated rings. The molecule has 0 atom stereocenters. The number of benzene rings is 2. The van der Waals surface area contributed by atoms with E-state index in [2.05, 4.69) is 21.2 Å². The fraction of sp³-hybridized carbons (Fsp3) is 0.176. The molecule has 3 rings (SSSR count). The molecule has 130 valence electrons. The number of carbonyl (C=O) groups is 2. The maximum atomic E-state index is 12.0. The zero-order valence-electron chi connectivity index (χ0n) is 12.9. The summed E-state index contributed by atoms with van der Waals surface area (Å²) in [5, 5.41) is 2.93. The molecule has 8 heteroatoms. The Balaban J connectivity index is 1.49. The Morgan fingerprint density at radius 2 is 1.96 bits per heavy atom. The van der Waals surface area contributed by atoms with E-state index in [0.717, 1.165) is 5.56 Å². The second-order valence-electron chi connectivity index (χ2n) is 5.16. The minimum absolute atomic E-state index is 0.194. The Labute approximate surface area is 157 Å². The lowest BCUT2D eigenvalue weighted by atomic mass is 10.2. The predicted molar refractivity (Wildman–Crippen MR) is 93.8 cm³/mol. The highest BCUT2D eigenvalue weighted by molar-refractivity contribution is 9.10. The van der Waals surface area contributed by atoms with Gasteiger partial charge in [0.05, 0.1) is 10.6 Å². The number of carbonyl (C=O) groups excluding carboxylic acids is 2. The summed E-state index contributed by atoms with van der Waals surface area (Å²) in [4.78, 5) is 23.8. The van der Waals surface area contributed by atoms with Crippen molar-refractivity contribution in [3.05, 3.63) is 57.0 Å². The molecule has 0 saturated heterocycles. The molecule has 0 unspecified atom stereocenters. The van der Waals surface area contributed by atoms with Crippen molar-refractivity contribution in [1.82, 2.24) is 5.32 Å². The molecule has 2 aromatic rings. The van der Waals surface area contributed by atoms with Crippen LogP contribution >= 0.6 is 27.5 Å². The standard InChI is InChI=1S/C17H13BrClNO5/c18-11-2-3-13(19)12(6-11)17(22)23-8-16(21)20-7-10-1-4-14-15(5-10)25-9-24-14/h1-6H,7-9H2,(H,20,21). The van der Waals surface area contributed by atoms with Crippen LogP contribution in [0.3, 0.4) is 0 Å². The highest BCUT2D eigenvalue weighted by atomic mass is 79.9. The van der Waals surface area contributed by atoms with Crippen LogP contribution in [0.4, 0.5) is 0 Å². The van der Waals surface area contributed by atoms with Crippen LogP contribution in [0.1, 0.15) is 15.9 Å². The van der Waals surface area contributed by atoms with Crippen molar-refractivity contribution in [3.8, 4) is 11.5 Å². The average Bonchev–Trinajstić information content (AvgIpc) is 3.07. The summed E-state index contributed by atoms with van der Waals surface area (Å²) >= 11 is 9.20. The first-order valence-corrected chi connectivity index (χ1v) is 8.47. The predicted octanol–water partition coefficient (Wildman–Crippen LogP) is 3.30. The van der Waals surface area contributed by atoms with Gasteiger partial charge in [-0.1, -0.05) is 33.6 Å². The molecule has 0 bridgehead atoms. The molecule has 25 heavy (non-hydrogen) atoms. The molecular formula is C17H13BrClNO5. The molecular weight excluding hydrogens is 414 g/mol. The van der Waals surface area contributed by atoms with E-state index in [1.165, 1.54) is 6.07 Å². The number of esters is 1. The molecule has 1 aliphatic heterocycles. The fourth-order valence-corrected chi connectivity index (χ4v) is 2.72. The minimum Gasteiger partial charge on any atom is -0.454 e. The van der Waals surface area contributed by atoms with Crippen LogP contribution in [0.2, 0.25) is 5.02 Å². The van der Waals surface area contributed by atoms with E-state index >= 15 is 0 Å². The van der Waals surface area contributed by atoms with Gasteiger partial charge in [-0.05, 0) is 35.9 Å². The molecule has 2 aromatic carbocycles. The van der Waals surface area contributed by atoms with Crippen molar-refractivity contribution in [2.24, 2.45) is 0 Å². The summed E-state index contributed by atoms with van der Waals surface area (Å²) in [6.45, 7) is 0.0795. The monoisotopic (exact) mass is 425 g/mol. The lowest BCUT2D eigenvalue weighted by Gasteiger charge is -2.08. The smallest absolute Gasteiger partial charge is 0.340 e. The summed E-state index contributed by atoms with van der Waals surface area (Å²) in [7, 11) is 0. The largest absolute Gasteiger partial charge is 0.454 e. The van der Waals surface area contributed by atoms with Gasteiger partial charge in [0.15, 0.2) is 18.1 Å². The Morgan fingerprint density at radius 1 is 1.16 bits per heavy atom. The average molecular weight is 427 g/mol. The van der Waals surface area contributed by atoms with Gasteiger partial charge in [-0.25, -0.2) is 4.79 Å². The Kier molecular flexibility index (Phi) is 5.45. The van der Waals surface area contributed by atoms with E-state index in [9.17, 15) is 9.59 Å². The van der Waals surface area contributed by atoms with Crippen LogP contribution in [0.15, 0.2) is 40.9 Å². The van der Waals surface area contributed by atoms with Crippen molar-refractivity contribution >= 4 is 39.4 Å². The lowest BCUT2D eigenvalue weighted by Crippen LogP contribution is -2.28. The number of halogens is 2. The summed E-state index contributed by atoms with van der Waals surface area (Å²) < 4.78 is 16.2. The summed E-state index contributed by atoms with van der Waals surface area (Å²) in [6, 6.07) is 10.2. The normalized spacial score (nSPS) is 11.9. The SMILES string of the molecule is O=C(COC(=O)c1cc(Br)ccc1Cl)NCc1ccc2c(c1)OCO2. The molecule has 6 nitrogen and oxygen atoms in total. The number of fused-ring (bicyclic) bond motifs is 1. The third-order valence-electron chi connectivity index (χ3n) is 3.41. The Bertz CT molecular complexity index is 827. The number of rotatable bonds is 5. The number of hydrogen-bond acceptors (Lipinski definition) is 5. The van der Waals surface area contributed by atoms with Gasteiger partial charge in [-0.3, -0.25) is 4.79 Å². The molecule has 1 aliphatic rings. The third-order valence-corrected chi connectivity index (χ3v) is 4.23. The van der Waals surface area contributed by atoms with Crippen LogP contribution in [-0.4, -0.2) is 25.3 Å². The van der Waals surface area contributed by atoms with Crippen LogP contribution in [0, 0.1) is 0 Å². The van der Waals surface area contributed by atoms with Gasteiger partial charge < -0.3 is 19.5 Å². The molecule has 1 amide bonds. The summed E-state index contributed by atoms with van der Waals surface area (Å²) in [6.07, 6.45) is 0. The summed E-state index contributed by atoms with van der Waals surface area (Å²) in [5.41, 5.74) is 1.04. The van der Waals surface area contributed by atoms with Crippen molar-refractivity contribution in [2.45, 2.75) is 6.54 Å². The van der Waals surface area contributed by atoms with Gasteiger partial charge in [-0.15, -0.1) is 0 Å². The van der Waals surface area contributed by atoms with Crippen molar-refractivity contribution in [3.63, 3.8) is 0 Å². The van der Waals surface area contributed by atoms with E-state index in [-0.39, 0.29) is 23.9 Å². The van der Waals surface area contributed by atoms with Crippen LogP contribution in [0.5, 0.6) is 11.5 Å². The molecule has 1 heterocycles. The van der Waals surface area contributed by atoms with Crippen LogP contribution < -0.4 is 14.8 Å². The maximum absolute atomic E-state index is 12.0. The minimum atomic E-state index is -0.662. The second-order valence-corrected chi connectivity index (χ2v) is 6.49. The van der Waals surface area contributed by atoms with Crippen LogP contribution in [0.25, 0.3) is 0 Å². The van der Waals surface area contributed by atoms with E-state index in [1.807, 2.05) is 6.07 Å². The molecule has 0 aromatic heterocycles. The fourth-order valence-electron chi connectivity index (χ4n) is 2.17. The third kappa shape index (κ3) is 4.43. The van der Waals surface area contributed by atoms with E-state index in [1.54, 1.807) is 24.3 Å². The molecule has 0 saturated carbocycles. The zero-order chi connectivity index (χ0) is 17.8. The summed E-state index contributed by atoms with van der Waals surface area (Å²) in [5.74, 6) is 0.235. The van der Waals surface area contributed by atoms with Gasteiger partial charge in [-0.2, -0.15) is 0 Å². The van der Waals surface area contributed by atoms with Crippen molar-refractivity contribution in [2.75, 3.05) is 13.4 Å². The first-order valence-electron chi connectivity index (χ1n) is 7.30. The number of nitrogens with one attached hydrogen (secondary N) is 1. The molecule has 0 spiro atoms. The van der Waals surface area contributed by atoms with Crippen molar-refractivity contribution < 1.29 is 23.8 Å².